The maximum atomic E-state index is 13.7. The fraction of sp³-hybridized carbons (Fsp3) is 0.207. The average molecular weight is 510 g/mol. The molecule has 8 heteroatoms. The van der Waals surface area contributed by atoms with E-state index in [2.05, 4.69) is 16.4 Å². The van der Waals surface area contributed by atoms with Gasteiger partial charge in [0.2, 0.25) is 5.91 Å². The molecule has 4 aromatic rings. The number of halogens is 1. The maximum Gasteiger partial charge on any atom is 0.240 e. The highest BCUT2D eigenvalue weighted by Gasteiger charge is 2.37. The number of hydrogen-bond acceptors (Lipinski definition) is 5. The lowest BCUT2D eigenvalue weighted by molar-refractivity contribution is -0.130. The average Bonchev–Trinajstić information content (AvgIpc) is 3.49. The van der Waals surface area contributed by atoms with Gasteiger partial charge in [0.05, 0.1) is 29.7 Å². The molecule has 0 spiro atoms. The molecule has 2 aliphatic rings. The van der Waals surface area contributed by atoms with Crippen LogP contribution < -0.4 is 10.1 Å². The molecule has 1 saturated heterocycles. The van der Waals surface area contributed by atoms with Crippen LogP contribution in [0.25, 0.3) is 0 Å². The third-order valence-electron chi connectivity index (χ3n) is 6.97. The number of benzene rings is 3. The van der Waals surface area contributed by atoms with Crippen LogP contribution in [0.5, 0.6) is 11.5 Å². The quantitative estimate of drug-likeness (QED) is 0.388. The third kappa shape index (κ3) is 4.57. The Bertz CT molecular complexity index is 1520. The van der Waals surface area contributed by atoms with Crippen LogP contribution in [-0.2, 0) is 17.9 Å². The Morgan fingerprint density at radius 3 is 2.76 bits per heavy atom. The summed E-state index contributed by atoms with van der Waals surface area (Å²) in [7, 11) is 0. The van der Waals surface area contributed by atoms with E-state index in [0.29, 0.717) is 48.1 Å². The molecule has 1 fully saturated rings. The molecule has 7 nitrogen and oxygen atoms in total. The van der Waals surface area contributed by atoms with Gasteiger partial charge < -0.3 is 19.5 Å². The van der Waals surface area contributed by atoms with E-state index in [1.54, 1.807) is 12.4 Å². The van der Waals surface area contributed by atoms with E-state index >= 15 is 0 Å². The Labute approximate surface area is 219 Å². The van der Waals surface area contributed by atoms with Gasteiger partial charge in [-0.3, -0.25) is 4.79 Å². The summed E-state index contributed by atoms with van der Waals surface area (Å²) in [4.78, 5) is 19.9. The van der Waals surface area contributed by atoms with Crippen LogP contribution in [-0.4, -0.2) is 32.9 Å². The molecule has 2 aliphatic heterocycles. The highest BCUT2D eigenvalue weighted by Crippen LogP contribution is 2.36. The number of nitriles is 1. The Hall–Kier alpha value is -4.12. The van der Waals surface area contributed by atoms with Gasteiger partial charge >= 0.3 is 0 Å². The number of hydrogen-bond donors (Lipinski definition) is 1. The number of nitrogens with one attached hydrogen (secondary N) is 1. The molecule has 3 heterocycles. The number of rotatable bonds is 1. The van der Waals surface area contributed by atoms with E-state index in [9.17, 15) is 10.1 Å². The number of imidazole rings is 1. The molecule has 0 aliphatic carbocycles. The molecule has 6 rings (SSSR count). The number of carbonyl (C=O) groups is 1. The molecule has 0 radical (unpaired) electrons. The predicted molar refractivity (Wildman–Crippen MR) is 139 cm³/mol. The molecule has 1 N–H and O–H groups in total. The maximum absolute atomic E-state index is 13.7. The molecule has 1 amide bonds. The second-order valence-corrected chi connectivity index (χ2v) is 9.78. The lowest BCUT2D eigenvalue weighted by atomic mass is 9.97. The van der Waals surface area contributed by atoms with Crippen molar-refractivity contribution >= 4 is 17.5 Å². The zero-order valence-corrected chi connectivity index (χ0v) is 20.7. The third-order valence-corrected chi connectivity index (χ3v) is 7.20. The first-order valence-corrected chi connectivity index (χ1v) is 12.6. The van der Waals surface area contributed by atoms with Crippen molar-refractivity contribution in [3.05, 3.63) is 112 Å². The van der Waals surface area contributed by atoms with Crippen molar-refractivity contribution in [3.8, 4) is 17.6 Å². The van der Waals surface area contributed by atoms with E-state index in [4.69, 9.17) is 16.3 Å². The summed E-state index contributed by atoms with van der Waals surface area (Å²) in [5, 5.41) is 13.8. The van der Waals surface area contributed by atoms with Crippen LogP contribution in [0.15, 0.2) is 79.3 Å². The first kappa shape index (κ1) is 23.3. The summed E-state index contributed by atoms with van der Waals surface area (Å²) in [5.41, 5.74) is 4.25. The molecule has 1 unspecified atom stereocenters. The highest BCUT2D eigenvalue weighted by atomic mass is 35.5. The van der Waals surface area contributed by atoms with Crippen LogP contribution >= 0.6 is 11.6 Å². The minimum atomic E-state index is -0.332. The highest BCUT2D eigenvalue weighted by molar-refractivity contribution is 6.30. The minimum absolute atomic E-state index is 0.0476. The molecular formula is C29H24ClN5O2. The number of fused-ring (bicyclic) bond motifs is 7. The Morgan fingerprint density at radius 2 is 1.92 bits per heavy atom. The first-order valence-electron chi connectivity index (χ1n) is 12.2. The van der Waals surface area contributed by atoms with E-state index in [1.807, 2.05) is 76.3 Å². The van der Waals surface area contributed by atoms with Gasteiger partial charge in [-0.15, -0.1) is 0 Å². The van der Waals surface area contributed by atoms with Gasteiger partial charge in [0.15, 0.2) is 0 Å². The van der Waals surface area contributed by atoms with Crippen molar-refractivity contribution in [2.75, 3.05) is 6.54 Å². The number of carbonyl (C=O) groups excluding carboxylic acids is 1. The number of amides is 1. The van der Waals surface area contributed by atoms with Gasteiger partial charge in [0.1, 0.15) is 17.6 Å². The number of nitrogens with zero attached hydrogens (tertiary/aromatic N) is 4. The van der Waals surface area contributed by atoms with Crippen LogP contribution in [0, 0.1) is 11.3 Å². The van der Waals surface area contributed by atoms with Crippen molar-refractivity contribution < 1.29 is 9.53 Å². The van der Waals surface area contributed by atoms with Gasteiger partial charge in [-0.2, -0.15) is 5.26 Å². The minimum Gasteiger partial charge on any atom is -0.456 e. The summed E-state index contributed by atoms with van der Waals surface area (Å²) in [5.74, 6) is 1.13. The van der Waals surface area contributed by atoms with Crippen LogP contribution in [0.1, 0.15) is 40.4 Å². The molecule has 1 aromatic heterocycles. The summed E-state index contributed by atoms with van der Waals surface area (Å²) < 4.78 is 8.31. The van der Waals surface area contributed by atoms with E-state index < -0.39 is 0 Å². The smallest absolute Gasteiger partial charge is 0.240 e. The lowest BCUT2D eigenvalue weighted by Gasteiger charge is -2.30. The molecule has 2 atom stereocenters. The van der Waals surface area contributed by atoms with E-state index in [1.165, 1.54) is 0 Å². The lowest BCUT2D eigenvalue weighted by Crippen LogP contribution is -2.40. The van der Waals surface area contributed by atoms with Crippen LogP contribution in [0.2, 0.25) is 5.02 Å². The molecule has 6 bridgehead atoms. The van der Waals surface area contributed by atoms with Gasteiger partial charge in [-0.1, -0.05) is 41.9 Å². The topological polar surface area (TPSA) is 83.2 Å². The number of aromatic nitrogens is 2. The second kappa shape index (κ2) is 9.74. The Balaban J connectivity index is 1.48. The van der Waals surface area contributed by atoms with Crippen LogP contribution in [0.4, 0.5) is 0 Å². The normalized spacial score (nSPS) is 19.1. The molecular weight excluding hydrogens is 486 g/mol. The fourth-order valence-corrected chi connectivity index (χ4v) is 5.35. The van der Waals surface area contributed by atoms with Crippen molar-refractivity contribution in [2.24, 2.45) is 0 Å². The first-order chi connectivity index (χ1) is 18.1. The van der Waals surface area contributed by atoms with Crippen molar-refractivity contribution in [1.29, 1.82) is 5.26 Å². The second-order valence-electron chi connectivity index (χ2n) is 9.34. The van der Waals surface area contributed by atoms with Gasteiger partial charge in [0.25, 0.3) is 0 Å². The summed E-state index contributed by atoms with van der Waals surface area (Å²) >= 11 is 6.37. The Kier molecular flexibility index (Phi) is 6.13. The molecule has 184 valence electrons. The van der Waals surface area contributed by atoms with E-state index in [0.717, 1.165) is 22.4 Å². The monoisotopic (exact) mass is 509 g/mol. The molecule has 37 heavy (non-hydrogen) atoms. The van der Waals surface area contributed by atoms with Gasteiger partial charge in [0, 0.05) is 30.9 Å². The zero-order valence-electron chi connectivity index (χ0n) is 20.0. The van der Waals surface area contributed by atoms with Crippen molar-refractivity contribution in [2.45, 2.75) is 31.6 Å². The van der Waals surface area contributed by atoms with Crippen LogP contribution in [0.3, 0.4) is 0 Å². The van der Waals surface area contributed by atoms with E-state index in [-0.39, 0.29) is 18.0 Å². The fourth-order valence-electron chi connectivity index (χ4n) is 5.16. The SMILES string of the molecule is N#Cc1ccc2cc1Oc1cccc(c1)C(c1cccc(Cl)c1)N1CC[C@H](NCc3cncn3C2)C1=O. The standard InChI is InChI=1S/C29H24ClN5O2/c30-23-5-1-3-20(12-23)28-21-4-2-6-25(13-21)37-27-11-19(7-8-22(27)14-31)17-34-18-32-15-24(34)16-33-26-9-10-35(28)29(26)36/h1-8,11-13,15,18,26,28,33H,9-10,16-17H2/t26-,28?/m0/s1. The summed E-state index contributed by atoms with van der Waals surface area (Å²) in [6.45, 7) is 1.69. The number of ether oxygens (including phenoxy) is 1. The van der Waals surface area contributed by atoms with Crippen molar-refractivity contribution in [1.82, 2.24) is 19.8 Å². The summed E-state index contributed by atoms with van der Waals surface area (Å²) in [6, 6.07) is 22.6. The largest absolute Gasteiger partial charge is 0.456 e. The molecule has 3 aromatic carbocycles. The summed E-state index contributed by atoms with van der Waals surface area (Å²) in [6.07, 6.45) is 4.29. The zero-order chi connectivity index (χ0) is 25.4. The van der Waals surface area contributed by atoms with Crippen molar-refractivity contribution in [3.63, 3.8) is 0 Å². The van der Waals surface area contributed by atoms with Gasteiger partial charge in [-0.05, 0) is 59.5 Å². The Morgan fingerprint density at radius 1 is 1.08 bits per heavy atom. The predicted octanol–water partition coefficient (Wildman–Crippen LogP) is 5.04. The molecule has 0 saturated carbocycles. The van der Waals surface area contributed by atoms with Gasteiger partial charge in [-0.25, -0.2) is 4.98 Å².